The van der Waals surface area contributed by atoms with E-state index < -0.39 is 10.0 Å². The molecule has 0 saturated heterocycles. The van der Waals surface area contributed by atoms with Crippen LogP contribution in [0.5, 0.6) is 11.5 Å². The van der Waals surface area contributed by atoms with Crippen molar-refractivity contribution in [2.24, 2.45) is 0 Å². The number of anilines is 1. The minimum atomic E-state index is -3.76. The van der Waals surface area contributed by atoms with Gasteiger partial charge in [-0.15, -0.1) is 5.10 Å². The van der Waals surface area contributed by atoms with Crippen LogP contribution in [0.4, 0.5) is 5.95 Å². The third-order valence-corrected chi connectivity index (χ3v) is 3.97. The number of aryl methyl sites for hydroxylation is 1. The zero-order valence-electron chi connectivity index (χ0n) is 10.6. The van der Waals surface area contributed by atoms with E-state index in [9.17, 15) is 8.42 Å². The predicted molar refractivity (Wildman–Crippen MR) is 69.4 cm³/mol. The topological polar surface area (TPSA) is 106 Å². The highest BCUT2D eigenvalue weighted by atomic mass is 32.2. The molecule has 0 unspecified atom stereocenters. The summed E-state index contributed by atoms with van der Waals surface area (Å²) in [5.41, 5.74) is 0. The molecule has 20 heavy (non-hydrogen) atoms. The number of hydrogen-bond acceptors (Lipinski definition) is 6. The second-order valence-corrected chi connectivity index (χ2v) is 5.84. The number of H-pyrrole nitrogens is 1. The number of nitrogens with one attached hydrogen (secondary N) is 2. The summed E-state index contributed by atoms with van der Waals surface area (Å²) in [6.07, 6.45) is 0. The normalized spacial score (nSPS) is 14.1. The van der Waals surface area contributed by atoms with Gasteiger partial charge in [0.25, 0.3) is 16.0 Å². The molecule has 0 fully saturated rings. The molecular formula is C11H12N4O4S. The lowest BCUT2D eigenvalue weighted by Crippen LogP contribution is -2.17. The Bertz CT molecular complexity index is 741. The average molecular weight is 296 g/mol. The van der Waals surface area contributed by atoms with Crippen molar-refractivity contribution < 1.29 is 17.9 Å². The molecule has 1 aromatic carbocycles. The van der Waals surface area contributed by atoms with Gasteiger partial charge in [-0.3, -0.25) is 5.10 Å². The summed E-state index contributed by atoms with van der Waals surface area (Å²) in [5, 5.41) is 6.29. The van der Waals surface area contributed by atoms with Gasteiger partial charge in [-0.2, -0.15) is 4.98 Å². The zero-order valence-corrected chi connectivity index (χ0v) is 11.4. The highest BCUT2D eigenvalue weighted by molar-refractivity contribution is 7.92. The molecule has 2 aromatic rings. The summed E-state index contributed by atoms with van der Waals surface area (Å²) >= 11 is 0. The molecule has 0 radical (unpaired) electrons. The van der Waals surface area contributed by atoms with Crippen LogP contribution < -0.4 is 14.2 Å². The molecule has 106 valence electrons. The molecule has 0 spiro atoms. The largest absolute Gasteiger partial charge is 0.486 e. The minimum absolute atomic E-state index is 0.00242. The monoisotopic (exact) mass is 296 g/mol. The maximum absolute atomic E-state index is 12.2. The number of benzene rings is 1. The summed E-state index contributed by atoms with van der Waals surface area (Å²) in [6.45, 7) is 2.52. The number of sulfonamides is 1. The van der Waals surface area contributed by atoms with E-state index in [1.54, 1.807) is 13.0 Å². The zero-order chi connectivity index (χ0) is 14.2. The molecule has 3 rings (SSSR count). The first-order valence-electron chi connectivity index (χ1n) is 5.86. The van der Waals surface area contributed by atoms with E-state index in [1.807, 2.05) is 0 Å². The van der Waals surface area contributed by atoms with Crippen LogP contribution in [0.1, 0.15) is 5.82 Å². The van der Waals surface area contributed by atoms with Gasteiger partial charge in [0.05, 0.1) is 4.90 Å². The van der Waals surface area contributed by atoms with Gasteiger partial charge in [-0.1, -0.05) is 0 Å². The van der Waals surface area contributed by atoms with Crippen molar-refractivity contribution >= 4 is 16.0 Å². The van der Waals surface area contributed by atoms with Crippen molar-refractivity contribution in [1.29, 1.82) is 0 Å². The van der Waals surface area contributed by atoms with Crippen LogP contribution in [0.25, 0.3) is 0 Å². The predicted octanol–water partition coefficient (Wildman–Crippen LogP) is 0.685. The Morgan fingerprint density at radius 1 is 1.25 bits per heavy atom. The van der Waals surface area contributed by atoms with Gasteiger partial charge in [0.1, 0.15) is 19.0 Å². The van der Waals surface area contributed by atoms with E-state index in [2.05, 4.69) is 19.9 Å². The standard InChI is InChI=1S/C11H12N4O4S/c1-7-12-11(14-13-7)15-20(16,17)8-2-3-9-10(6-8)19-5-4-18-9/h2-3,6H,4-5H2,1H3,(H2,12,13,14,15). The van der Waals surface area contributed by atoms with Crippen molar-refractivity contribution in [2.75, 3.05) is 17.9 Å². The number of nitrogens with zero attached hydrogens (tertiary/aromatic N) is 2. The second kappa shape index (κ2) is 4.67. The Balaban J connectivity index is 1.91. The van der Waals surface area contributed by atoms with Gasteiger partial charge in [-0.25, -0.2) is 13.1 Å². The van der Waals surface area contributed by atoms with E-state index >= 15 is 0 Å². The Labute approximate surface area is 115 Å². The molecule has 1 aromatic heterocycles. The van der Waals surface area contributed by atoms with Gasteiger partial charge >= 0.3 is 0 Å². The number of ether oxygens (including phenoxy) is 2. The van der Waals surface area contributed by atoms with E-state index in [0.717, 1.165) is 0 Å². The molecule has 0 saturated carbocycles. The summed E-state index contributed by atoms with van der Waals surface area (Å²) in [7, 11) is -3.76. The van der Waals surface area contributed by atoms with E-state index in [-0.39, 0.29) is 10.8 Å². The van der Waals surface area contributed by atoms with Crippen LogP contribution in [0.15, 0.2) is 23.1 Å². The van der Waals surface area contributed by atoms with Crippen LogP contribution in [-0.4, -0.2) is 36.8 Å². The van der Waals surface area contributed by atoms with Crippen LogP contribution in [0.2, 0.25) is 0 Å². The number of aromatic amines is 1. The van der Waals surface area contributed by atoms with Crippen LogP contribution >= 0.6 is 0 Å². The Kier molecular flexibility index (Phi) is 2.97. The molecule has 1 aliphatic rings. The maximum Gasteiger partial charge on any atom is 0.264 e. The lowest BCUT2D eigenvalue weighted by Gasteiger charge is -2.18. The molecule has 0 atom stereocenters. The summed E-state index contributed by atoms with van der Waals surface area (Å²) in [6, 6.07) is 4.41. The summed E-state index contributed by atoms with van der Waals surface area (Å²) in [4.78, 5) is 3.96. The van der Waals surface area contributed by atoms with Gasteiger partial charge in [-0.05, 0) is 19.1 Å². The van der Waals surface area contributed by atoms with E-state index in [1.165, 1.54) is 12.1 Å². The molecular weight excluding hydrogens is 284 g/mol. The molecule has 2 N–H and O–H groups in total. The molecule has 2 heterocycles. The van der Waals surface area contributed by atoms with Gasteiger partial charge in [0.2, 0.25) is 0 Å². The average Bonchev–Trinajstić information content (AvgIpc) is 2.83. The fraction of sp³-hybridized carbons (Fsp3) is 0.273. The first kappa shape index (κ1) is 12.7. The fourth-order valence-electron chi connectivity index (χ4n) is 1.76. The Morgan fingerprint density at radius 3 is 2.70 bits per heavy atom. The smallest absolute Gasteiger partial charge is 0.264 e. The number of hydrogen-bond donors (Lipinski definition) is 2. The van der Waals surface area contributed by atoms with Crippen molar-refractivity contribution in [1.82, 2.24) is 15.2 Å². The first-order valence-corrected chi connectivity index (χ1v) is 7.34. The SMILES string of the molecule is Cc1nc(NS(=O)(=O)c2ccc3c(c2)OCCO3)n[nH]1. The van der Waals surface area contributed by atoms with Crippen LogP contribution in [0, 0.1) is 6.92 Å². The molecule has 0 bridgehead atoms. The molecule has 8 nitrogen and oxygen atoms in total. The van der Waals surface area contributed by atoms with E-state index in [0.29, 0.717) is 30.5 Å². The molecule has 1 aliphatic heterocycles. The van der Waals surface area contributed by atoms with Gasteiger partial charge in [0.15, 0.2) is 11.5 Å². The van der Waals surface area contributed by atoms with Crippen molar-refractivity contribution in [3.05, 3.63) is 24.0 Å². The van der Waals surface area contributed by atoms with Crippen molar-refractivity contribution in [2.45, 2.75) is 11.8 Å². The maximum atomic E-state index is 12.2. The second-order valence-electron chi connectivity index (χ2n) is 4.16. The Hall–Kier alpha value is -2.29. The lowest BCUT2D eigenvalue weighted by molar-refractivity contribution is 0.171. The molecule has 9 heteroatoms. The van der Waals surface area contributed by atoms with Crippen molar-refractivity contribution in [3.8, 4) is 11.5 Å². The Morgan fingerprint density at radius 2 is 2.00 bits per heavy atom. The quantitative estimate of drug-likeness (QED) is 0.863. The summed E-state index contributed by atoms with van der Waals surface area (Å²) < 4.78 is 37.4. The van der Waals surface area contributed by atoms with Gasteiger partial charge in [0, 0.05) is 6.07 Å². The van der Waals surface area contributed by atoms with Crippen LogP contribution in [0.3, 0.4) is 0 Å². The van der Waals surface area contributed by atoms with E-state index in [4.69, 9.17) is 9.47 Å². The molecule has 0 aliphatic carbocycles. The molecule has 0 amide bonds. The fourth-order valence-corrected chi connectivity index (χ4v) is 2.72. The minimum Gasteiger partial charge on any atom is -0.486 e. The van der Waals surface area contributed by atoms with Crippen molar-refractivity contribution in [3.63, 3.8) is 0 Å². The third-order valence-electron chi connectivity index (χ3n) is 2.65. The highest BCUT2D eigenvalue weighted by Gasteiger charge is 2.20. The van der Waals surface area contributed by atoms with Crippen LogP contribution in [-0.2, 0) is 10.0 Å². The number of aromatic nitrogens is 3. The number of rotatable bonds is 3. The summed E-state index contributed by atoms with van der Waals surface area (Å²) in [5.74, 6) is 1.46. The van der Waals surface area contributed by atoms with Gasteiger partial charge < -0.3 is 9.47 Å². The lowest BCUT2D eigenvalue weighted by atomic mass is 10.3. The third kappa shape index (κ3) is 2.39. The number of fused-ring (bicyclic) bond motifs is 1. The first-order chi connectivity index (χ1) is 9.54. The highest BCUT2D eigenvalue weighted by Crippen LogP contribution is 2.32.